The molecule has 0 radical (unpaired) electrons. The van der Waals surface area contributed by atoms with Crippen molar-refractivity contribution in [3.05, 3.63) is 0 Å². The molecule has 0 saturated carbocycles. The summed E-state index contributed by atoms with van der Waals surface area (Å²) in [6, 6.07) is -3.81. The van der Waals surface area contributed by atoms with Gasteiger partial charge in [0.05, 0.1) is 72.4 Å². The fourth-order valence-electron chi connectivity index (χ4n) is 6.15. The number of carbonyl (C=O) groups is 12. The summed E-state index contributed by atoms with van der Waals surface area (Å²) in [5, 5.41) is 17.3. The first-order chi connectivity index (χ1) is 37.9. The van der Waals surface area contributed by atoms with Gasteiger partial charge in [0.1, 0.15) is 41.0 Å². The van der Waals surface area contributed by atoms with Gasteiger partial charge in [0.15, 0.2) is 0 Å². The van der Waals surface area contributed by atoms with E-state index < -0.39 is 107 Å². The van der Waals surface area contributed by atoms with Crippen molar-refractivity contribution >= 4 is 71.6 Å². The first-order valence-electron chi connectivity index (χ1n) is 27.1. The zero-order chi connectivity index (χ0) is 64.4. The minimum Gasteiger partial charge on any atom is -0.481 e. The molecule has 4 atom stereocenters. The van der Waals surface area contributed by atoms with Crippen molar-refractivity contribution in [2.45, 2.75) is 203 Å². The molecule has 0 aliphatic carbocycles. The van der Waals surface area contributed by atoms with Gasteiger partial charge in [-0.2, -0.15) is 0 Å². The van der Waals surface area contributed by atoms with Crippen LogP contribution in [-0.2, 0) is 105 Å². The summed E-state index contributed by atoms with van der Waals surface area (Å²) in [6.07, 6.45) is 0.0219. The van der Waals surface area contributed by atoms with Crippen molar-refractivity contribution in [3.8, 4) is 0 Å². The highest BCUT2D eigenvalue weighted by atomic mass is 16.6. The molecule has 0 heterocycles. The predicted octanol–water partition coefficient (Wildman–Crippen LogP) is 3.20. The van der Waals surface area contributed by atoms with E-state index in [2.05, 4.69) is 0 Å². The molecule has 0 aromatic heterocycles. The Morgan fingerprint density at radius 2 is 0.598 bits per heavy atom. The van der Waals surface area contributed by atoms with Crippen molar-refractivity contribution in [2.75, 3.05) is 72.4 Å². The molecule has 0 fully saturated rings. The van der Waals surface area contributed by atoms with E-state index in [4.69, 9.17) is 69.0 Å². The lowest BCUT2D eigenvalue weighted by Gasteiger charge is -2.28. The van der Waals surface area contributed by atoms with Crippen LogP contribution in [0.2, 0.25) is 0 Å². The van der Waals surface area contributed by atoms with Crippen LogP contribution < -0.4 is 11.5 Å². The van der Waals surface area contributed by atoms with E-state index in [-0.39, 0.29) is 123 Å². The molecular weight excluding hydrogens is 1090 g/mol. The fraction of sp³-hybridized carbons (Fsp3) is 0.778. The van der Waals surface area contributed by atoms with Gasteiger partial charge in [-0.05, 0) is 136 Å². The number of carbonyl (C=O) groups excluding carboxylic acids is 10. The smallest absolute Gasteiger partial charge is 0.323 e. The van der Waals surface area contributed by atoms with E-state index in [0.29, 0.717) is 6.61 Å². The number of hydrogen-bond acceptors (Lipinski definition) is 26. The van der Waals surface area contributed by atoms with Gasteiger partial charge in [0.2, 0.25) is 0 Å². The third-order valence-corrected chi connectivity index (χ3v) is 9.29. The van der Waals surface area contributed by atoms with Gasteiger partial charge >= 0.3 is 71.6 Å². The Bertz CT molecular complexity index is 1920. The summed E-state index contributed by atoms with van der Waals surface area (Å²) in [5.74, 6) is -7.76. The molecule has 0 aromatic carbocycles. The number of rotatable bonds is 33. The molecule has 0 spiro atoms. The largest absolute Gasteiger partial charge is 0.481 e. The second-order valence-corrected chi connectivity index (χ2v) is 20.2. The summed E-state index contributed by atoms with van der Waals surface area (Å²) in [6.45, 7) is 27.1. The van der Waals surface area contributed by atoms with E-state index in [1.165, 1.54) is 9.80 Å². The lowest BCUT2D eigenvalue weighted by Crippen LogP contribution is -2.48. The van der Waals surface area contributed by atoms with Crippen LogP contribution in [-0.4, -0.2) is 205 Å². The summed E-state index contributed by atoms with van der Waals surface area (Å²) in [4.78, 5) is 141. The Morgan fingerprint density at radius 1 is 0.354 bits per heavy atom. The van der Waals surface area contributed by atoms with Gasteiger partial charge in [-0.3, -0.25) is 67.3 Å². The number of hydrogen-bond donors (Lipinski definition) is 4. The second kappa shape index (κ2) is 45.1. The molecule has 28 nitrogen and oxygen atoms in total. The number of esters is 10. The average Bonchev–Trinajstić information content (AvgIpc) is 3.33. The monoisotopic (exact) mass is 1180 g/mol. The fourth-order valence-corrected chi connectivity index (χ4v) is 6.15. The van der Waals surface area contributed by atoms with Crippen molar-refractivity contribution in [1.29, 1.82) is 0 Å². The molecule has 82 heavy (non-hydrogen) atoms. The number of nitrogens with two attached hydrogens (primary N) is 2. The van der Waals surface area contributed by atoms with Gasteiger partial charge < -0.3 is 69.0 Å². The predicted molar refractivity (Wildman–Crippen MR) is 293 cm³/mol. The molecule has 0 aliphatic rings. The standard InChI is InChI=1S/C19H33NO8.C15H25NO8.C11H21NO4.C9H17NO4/c1-7-25-16(22)12-20(13-17(23)26-8-2)14(18(24)27-9-3)10-11-15(21)28-19(4,5)6;1-4-22-13(19)9-16(10-14(20)23-5-2)11(7-8-12(17)18)15(21)24-6-3;1-5-15-10(14)8(12)6-7-9(13)16-11(2,3)4;1-9(2,3)14-7(11)5-4-6(10)8(12)13/h14H,7-13H2,1-6H3;11H,4-10H2,1-3H3,(H,17,18);8H,5-7,12H2,1-4H3;6H,4-5,10H2,1-3H3,(H,12,13). The van der Waals surface area contributed by atoms with Crippen LogP contribution >= 0.6 is 0 Å². The highest BCUT2D eigenvalue weighted by Gasteiger charge is 2.34. The maximum Gasteiger partial charge on any atom is 0.323 e. The van der Waals surface area contributed by atoms with Crippen molar-refractivity contribution in [1.82, 2.24) is 9.80 Å². The summed E-state index contributed by atoms with van der Waals surface area (Å²) < 4.78 is 49.5. The average molecular weight is 1190 g/mol. The Balaban J connectivity index is -0.000000513. The first-order valence-corrected chi connectivity index (χ1v) is 27.1. The number of ether oxygens (including phenoxy) is 10. The lowest BCUT2D eigenvalue weighted by molar-refractivity contribution is -0.160. The van der Waals surface area contributed by atoms with E-state index in [1.54, 1.807) is 111 Å². The normalized spacial score (nSPS) is 12.4. The van der Waals surface area contributed by atoms with E-state index in [1.807, 2.05) is 0 Å². The van der Waals surface area contributed by atoms with Crippen molar-refractivity contribution in [3.63, 3.8) is 0 Å². The SMILES string of the molecule is CC(C)(C)OC(=O)CCC(N)C(=O)O.CCOC(=O)C(N)CCC(=O)OC(C)(C)C.CCOC(=O)CN(CC(=O)OCC)C(CCC(=O)O)C(=O)OCC.CCOC(=O)CN(CC(=O)OCC)C(CCC(=O)OC(C)(C)C)C(=O)OCC. The molecule has 0 rings (SSSR count). The van der Waals surface area contributed by atoms with Gasteiger partial charge in [0, 0.05) is 25.7 Å². The van der Waals surface area contributed by atoms with Crippen LogP contribution in [0.25, 0.3) is 0 Å². The third kappa shape index (κ3) is 48.2. The number of nitrogens with zero attached hydrogens (tertiary/aromatic N) is 2. The minimum atomic E-state index is -1.10. The van der Waals surface area contributed by atoms with Crippen LogP contribution in [0, 0.1) is 0 Å². The maximum absolute atomic E-state index is 12.4. The third-order valence-electron chi connectivity index (χ3n) is 9.29. The van der Waals surface area contributed by atoms with Crippen LogP contribution in [0.3, 0.4) is 0 Å². The van der Waals surface area contributed by atoms with Crippen LogP contribution in [0.5, 0.6) is 0 Å². The zero-order valence-corrected chi connectivity index (χ0v) is 51.2. The Hall–Kier alpha value is -6.52. The molecular formula is C54H96N4O24. The Kier molecular flexibility index (Phi) is 45.0. The topological polar surface area (TPSA) is 396 Å². The van der Waals surface area contributed by atoms with Gasteiger partial charge in [-0.1, -0.05) is 0 Å². The van der Waals surface area contributed by atoms with Crippen molar-refractivity contribution < 1.29 is 115 Å². The van der Waals surface area contributed by atoms with E-state index in [9.17, 15) is 57.5 Å². The van der Waals surface area contributed by atoms with Gasteiger partial charge in [-0.15, -0.1) is 0 Å². The van der Waals surface area contributed by atoms with Crippen molar-refractivity contribution in [2.24, 2.45) is 11.5 Å². The Morgan fingerprint density at radius 3 is 0.841 bits per heavy atom. The molecule has 0 amide bonds. The molecule has 0 aromatic rings. The zero-order valence-electron chi connectivity index (χ0n) is 51.2. The molecule has 28 heteroatoms. The van der Waals surface area contributed by atoms with Gasteiger partial charge in [0.25, 0.3) is 0 Å². The Labute approximate surface area is 482 Å². The number of carboxylic acids is 2. The van der Waals surface area contributed by atoms with Crippen LogP contribution in [0.4, 0.5) is 0 Å². The van der Waals surface area contributed by atoms with Gasteiger partial charge in [-0.25, -0.2) is 0 Å². The molecule has 4 unspecified atom stereocenters. The number of carboxylic acid groups (broad SMARTS) is 2. The lowest BCUT2D eigenvalue weighted by atomic mass is 10.1. The maximum atomic E-state index is 12.4. The van der Waals surface area contributed by atoms with Crippen LogP contribution in [0.1, 0.15) is 162 Å². The molecule has 0 saturated heterocycles. The molecule has 0 bridgehead atoms. The molecule has 0 aliphatic heterocycles. The summed E-state index contributed by atoms with van der Waals surface area (Å²) >= 11 is 0. The summed E-state index contributed by atoms with van der Waals surface area (Å²) in [5.41, 5.74) is 9.05. The van der Waals surface area contributed by atoms with Crippen LogP contribution in [0.15, 0.2) is 0 Å². The van der Waals surface area contributed by atoms with E-state index >= 15 is 0 Å². The van der Waals surface area contributed by atoms with E-state index in [0.717, 1.165) is 0 Å². The first kappa shape index (κ1) is 81.9. The molecule has 6 N–H and O–H groups in total. The molecule has 476 valence electrons. The highest BCUT2D eigenvalue weighted by molar-refractivity contribution is 5.82. The summed E-state index contributed by atoms with van der Waals surface area (Å²) in [7, 11) is 0. The minimum absolute atomic E-state index is 0.0204. The highest BCUT2D eigenvalue weighted by Crippen LogP contribution is 2.16. The quantitative estimate of drug-likeness (QED) is 0.0541. The number of aliphatic carboxylic acids is 2. The second-order valence-electron chi connectivity index (χ2n) is 20.2.